The van der Waals surface area contributed by atoms with Gasteiger partial charge in [0.1, 0.15) is 22.7 Å². The van der Waals surface area contributed by atoms with E-state index in [0.717, 1.165) is 79.2 Å². The predicted octanol–water partition coefficient (Wildman–Crippen LogP) is 13.3. The first-order valence-corrected chi connectivity index (χ1v) is 19.7. The second-order valence-electron chi connectivity index (χ2n) is 14.9. The molecule has 0 unspecified atom stereocenters. The lowest BCUT2D eigenvalue weighted by Gasteiger charge is -2.29. The molecule has 274 valence electrons. The van der Waals surface area contributed by atoms with Crippen LogP contribution in [0.25, 0.3) is 84.0 Å². The summed E-state index contributed by atoms with van der Waals surface area (Å²) in [6.45, 7) is 4.36. The Kier molecular flexibility index (Phi) is 8.04. The van der Waals surface area contributed by atoms with Crippen LogP contribution >= 0.6 is 0 Å². The summed E-state index contributed by atoms with van der Waals surface area (Å²) in [4.78, 5) is 2.29. The van der Waals surface area contributed by atoms with Crippen LogP contribution in [-0.2, 0) is 6.42 Å². The zero-order chi connectivity index (χ0) is 38.6. The van der Waals surface area contributed by atoms with E-state index in [9.17, 15) is 0 Å². The van der Waals surface area contributed by atoms with Crippen molar-refractivity contribution in [2.24, 2.45) is 0 Å². The first-order valence-electron chi connectivity index (χ1n) is 19.7. The predicted molar refractivity (Wildman–Crippen MR) is 242 cm³/mol. The lowest BCUT2D eigenvalue weighted by atomic mass is 9.95. The summed E-state index contributed by atoms with van der Waals surface area (Å²) in [5, 5.41) is 9.58. The molecule has 0 saturated carbocycles. The summed E-state index contributed by atoms with van der Waals surface area (Å²) in [6.07, 6.45) is 9.27. The Morgan fingerprint density at radius 2 is 1.26 bits per heavy atom. The van der Waals surface area contributed by atoms with Gasteiger partial charge in [0.25, 0.3) is 0 Å². The van der Waals surface area contributed by atoms with E-state index in [2.05, 4.69) is 187 Å². The molecule has 0 fully saturated rings. The van der Waals surface area contributed by atoms with Crippen LogP contribution in [0.3, 0.4) is 0 Å². The molecule has 0 N–H and O–H groups in total. The number of para-hydroxylation sites is 2. The second kappa shape index (κ2) is 13.8. The number of fused-ring (bicyclic) bond motifs is 8. The van der Waals surface area contributed by atoms with Gasteiger partial charge in [0.15, 0.2) is 0 Å². The number of anilines is 2. The number of furan rings is 2. The van der Waals surface area contributed by atoms with Crippen LogP contribution in [0, 0.1) is 0 Å². The van der Waals surface area contributed by atoms with E-state index in [1.807, 2.05) is 24.3 Å². The number of hydrogen-bond donors (Lipinski definition) is 0. The van der Waals surface area contributed by atoms with Crippen molar-refractivity contribution in [2.75, 3.05) is 4.90 Å². The third kappa shape index (κ3) is 5.75. The zero-order valence-electron chi connectivity index (χ0n) is 31.7. The number of rotatable bonds is 7. The molecule has 0 radical (unpaired) electrons. The third-order valence-corrected chi connectivity index (χ3v) is 11.5. The van der Waals surface area contributed by atoms with Crippen LogP contribution in [0.2, 0.25) is 0 Å². The molecule has 0 spiro atoms. The molecule has 0 aliphatic heterocycles. The van der Waals surface area contributed by atoms with Crippen LogP contribution in [0.15, 0.2) is 203 Å². The molecule has 2 heterocycles. The Morgan fingerprint density at radius 1 is 0.552 bits per heavy atom. The van der Waals surface area contributed by atoms with E-state index in [1.54, 1.807) is 0 Å². The van der Waals surface area contributed by atoms with E-state index < -0.39 is 0 Å². The molecule has 0 saturated heterocycles. The summed E-state index contributed by atoms with van der Waals surface area (Å²) in [5.41, 5.74) is 10.2. The molecule has 8 aromatic carbocycles. The number of allylic oxidation sites excluding steroid dienone is 1. The molecule has 11 rings (SSSR count). The van der Waals surface area contributed by atoms with Crippen LogP contribution in [-0.4, -0.2) is 0 Å². The van der Waals surface area contributed by atoms with Gasteiger partial charge in [-0.3, -0.25) is 0 Å². The Bertz CT molecular complexity index is 3360. The maximum atomic E-state index is 6.61. The summed E-state index contributed by atoms with van der Waals surface area (Å²) in [5.74, 6) is 1.73. The summed E-state index contributed by atoms with van der Waals surface area (Å²) in [7, 11) is 0. The van der Waals surface area contributed by atoms with Crippen LogP contribution in [0.5, 0.6) is 0 Å². The van der Waals surface area contributed by atoms with Gasteiger partial charge in [-0.2, -0.15) is 0 Å². The fraction of sp³-hybridized carbons (Fsp3) is 0.0182. The molecule has 0 bridgehead atoms. The van der Waals surface area contributed by atoms with Gasteiger partial charge in [-0.15, -0.1) is 0 Å². The van der Waals surface area contributed by atoms with Crippen molar-refractivity contribution < 1.29 is 8.83 Å². The van der Waals surface area contributed by atoms with Crippen molar-refractivity contribution in [1.29, 1.82) is 0 Å². The van der Waals surface area contributed by atoms with Gasteiger partial charge in [-0.25, -0.2) is 0 Å². The van der Waals surface area contributed by atoms with Crippen molar-refractivity contribution >= 4 is 73.1 Å². The minimum absolute atomic E-state index is 0.728. The molecular formula is C55H37NO2. The van der Waals surface area contributed by atoms with Crippen LogP contribution in [0.4, 0.5) is 11.4 Å². The molecule has 2 aromatic heterocycles. The average molecular weight is 744 g/mol. The molecule has 1 aliphatic carbocycles. The van der Waals surface area contributed by atoms with Gasteiger partial charge in [-0.1, -0.05) is 146 Å². The van der Waals surface area contributed by atoms with Crippen molar-refractivity contribution in [3.8, 4) is 22.3 Å². The number of hydrogen-bond acceptors (Lipinski definition) is 3. The van der Waals surface area contributed by atoms with Gasteiger partial charge in [-0.05, 0) is 103 Å². The number of benzene rings is 8. The summed E-state index contributed by atoms with van der Waals surface area (Å²) >= 11 is 0. The van der Waals surface area contributed by atoms with Gasteiger partial charge >= 0.3 is 0 Å². The standard InChI is InChI=1S/C55H37NO2/c1-2-43(35-45-33-42-15-6-10-20-52(42)57-45)56(44-28-24-37(25-29-44)40-26-30-47-41(32-40)23-22-38-13-5-7-16-46(38)47)51-19-9-8-17-48(51)49-18-11-21-54-55(49)50-34-39-14-4-3-12-36(39)27-31-53(50)58-54/h2-30,32-35H,1,31H2/b43-35+. The highest BCUT2D eigenvalue weighted by Gasteiger charge is 2.23. The topological polar surface area (TPSA) is 29.5 Å². The van der Waals surface area contributed by atoms with E-state index in [1.165, 1.54) is 37.5 Å². The van der Waals surface area contributed by atoms with Crippen molar-refractivity contribution in [3.05, 3.63) is 222 Å². The Hall–Kier alpha value is -7.62. The number of nitrogens with zero attached hydrogens (tertiary/aromatic N) is 1. The highest BCUT2D eigenvalue weighted by Crippen LogP contribution is 2.44. The van der Waals surface area contributed by atoms with E-state index in [0.29, 0.717) is 0 Å². The van der Waals surface area contributed by atoms with Gasteiger partial charge in [0, 0.05) is 45.8 Å². The second-order valence-corrected chi connectivity index (χ2v) is 14.9. The largest absolute Gasteiger partial charge is 0.460 e. The quantitative estimate of drug-likeness (QED) is 0.120. The summed E-state index contributed by atoms with van der Waals surface area (Å²) < 4.78 is 13.0. The third-order valence-electron chi connectivity index (χ3n) is 11.5. The van der Waals surface area contributed by atoms with Crippen molar-refractivity contribution in [3.63, 3.8) is 0 Å². The van der Waals surface area contributed by atoms with Crippen LogP contribution in [0.1, 0.15) is 17.1 Å². The van der Waals surface area contributed by atoms with E-state index >= 15 is 0 Å². The Morgan fingerprint density at radius 3 is 2.14 bits per heavy atom. The molecule has 58 heavy (non-hydrogen) atoms. The maximum absolute atomic E-state index is 6.61. The lowest BCUT2D eigenvalue weighted by Crippen LogP contribution is -2.22. The maximum Gasteiger partial charge on any atom is 0.135 e. The molecule has 10 aromatic rings. The first-order chi connectivity index (χ1) is 28.7. The van der Waals surface area contributed by atoms with Gasteiger partial charge in [0.2, 0.25) is 0 Å². The Labute approximate surface area is 336 Å². The first kappa shape index (κ1) is 33.7. The minimum atomic E-state index is 0.728. The highest BCUT2D eigenvalue weighted by atomic mass is 16.3. The van der Waals surface area contributed by atoms with Crippen molar-refractivity contribution in [1.82, 2.24) is 0 Å². The fourth-order valence-electron chi connectivity index (χ4n) is 8.69. The van der Waals surface area contributed by atoms with Gasteiger partial charge < -0.3 is 13.7 Å². The van der Waals surface area contributed by atoms with E-state index in [4.69, 9.17) is 8.83 Å². The lowest BCUT2D eigenvalue weighted by molar-refractivity contribution is 0.568. The average Bonchev–Trinajstić information content (AvgIpc) is 3.80. The normalized spacial score (nSPS) is 12.5. The zero-order valence-corrected chi connectivity index (χ0v) is 31.7. The molecule has 0 amide bonds. The SMILES string of the molecule is C=C/C(=C\c1cc2ccccc2o1)N(c1ccc(-c2ccc3c(ccc4ccccc43)c2)cc1)c1ccccc1-c1cccc2oc3c(c12)C=c1ccccc1=CC3. The smallest absolute Gasteiger partial charge is 0.135 e. The molecular weight excluding hydrogens is 707 g/mol. The minimum Gasteiger partial charge on any atom is -0.460 e. The highest BCUT2D eigenvalue weighted by molar-refractivity contribution is 6.08. The van der Waals surface area contributed by atoms with Gasteiger partial charge in [0.05, 0.1) is 5.69 Å². The van der Waals surface area contributed by atoms with Crippen molar-refractivity contribution in [2.45, 2.75) is 6.42 Å². The molecule has 3 heteroatoms. The molecule has 0 atom stereocenters. The Balaban J connectivity index is 1.08. The van der Waals surface area contributed by atoms with Crippen LogP contribution < -0.4 is 15.3 Å². The summed E-state index contributed by atoms with van der Waals surface area (Å²) in [6, 6.07) is 62.4. The van der Waals surface area contributed by atoms with E-state index in [-0.39, 0.29) is 0 Å². The fourth-order valence-corrected chi connectivity index (χ4v) is 8.69. The molecule has 3 nitrogen and oxygen atoms in total. The molecule has 1 aliphatic rings. The monoisotopic (exact) mass is 743 g/mol.